The van der Waals surface area contributed by atoms with Crippen LogP contribution in [0.1, 0.15) is 59.5 Å². The summed E-state index contributed by atoms with van der Waals surface area (Å²) in [6.07, 6.45) is 0. The molecule has 0 radical (unpaired) electrons. The maximum atomic E-state index is 14.2. The second kappa shape index (κ2) is 26.8. The van der Waals surface area contributed by atoms with Gasteiger partial charge in [0.25, 0.3) is 0 Å². The Balaban J connectivity index is 0.000000147. The Labute approximate surface area is 659 Å². The SMILES string of the molecule is CC1(C)OB(c2ccc(N3c4ccccc4S(=O)(=O)c4ccccc43)cc2)OC1(C)C.O=C1c2cc(-c3ccc(N4c5ccccc5S(=O)(=O)c5ccccc54)cc3)ccc2S(=O)(=O)c2cc(-c3ccc(N4c5ccccc5S(=O)(=O)c5ccccc54)cc3)ccc21.O=C1c2cc(Br)ccc2S(=O)(=O)c2cc(Br)ccc21. The van der Waals surface area contributed by atoms with E-state index >= 15 is 0 Å². The largest absolute Gasteiger partial charge is 0.494 e. The standard InChI is InChI=1S/C49H30N2O7S3.C24H24BNO4S.C13H6Br2O3S/c52-49-37-27-21-34(32-19-25-36(26-20-32)51-41-11-3-7-15-46(41)61(57,58)47-16-8-4-12-42(47)51)30-48(37)59(53,54)43-28-22-33(29-38(43)49)31-17-23-35(24-18-31)50-39-9-1-5-13-44(39)60(55,56)45-14-6-2-10-40(45)50;1-23(2)24(3,4)30-25(29-23)17-13-15-18(16-14-17)26-19-9-5-7-11-21(19)31(27,28)22-12-8-6-10-20(22)26;14-7-2-4-11-10(5-7)13(16)9-3-1-8(15)6-12(9)19(11,17)18/h1-30H;5-16H,1-4H3;1-6H. The van der Waals surface area contributed by atoms with E-state index in [1.54, 1.807) is 164 Å². The number of sulfone groups is 5. The Morgan fingerprint density at radius 2 is 0.541 bits per heavy atom. The minimum absolute atomic E-state index is 0.0571. The summed E-state index contributed by atoms with van der Waals surface area (Å²) in [4.78, 5) is 33.6. The fourth-order valence-corrected chi connectivity index (χ4v) is 23.8. The predicted octanol–water partition coefficient (Wildman–Crippen LogP) is 18.8. The number of ketones is 2. The lowest BCUT2D eigenvalue weighted by molar-refractivity contribution is 0.00578. The Bertz CT molecular complexity index is 6610. The molecule has 1 fully saturated rings. The molecule has 1 saturated heterocycles. The normalized spacial score (nSPS) is 17.1. The summed E-state index contributed by atoms with van der Waals surface area (Å²) in [5.41, 5.74) is 9.13. The molecule has 0 bridgehead atoms. The van der Waals surface area contributed by atoms with Gasteiger partial charge < -0.3 is 24.0 Å². The van der Waals surface area contributed by atoms with E-state index in [0.29, 0.717) is 69.6 Å². The van der Waals surface area contributed by atoms with Gasteiger partial charge in [-0.25, -0.2) is 42.1 Å². The minimum Gasteiger partial charge on any atom is -0.399 e. The number of para-hydroxylation sites is 6. The Hall–Kier alpha value is -10.7. The Morgan fingerprint density at radius 3 is 0.919 bits per heavy atom. The number of hydrogen-bond donors (Lipinski definition) is 0. The second-order valence-electron chi connectivity index (χ2n) is 28.0. The van der Waals surface area contributed by atoms with E-state index in [1.165, 1.54) is 30.3 Å². The molecular formula is C86H60BBr2N3O14S5. The molecule has 19 rings (SSSR count). The van der Waals surface area contributed by atoms with Crippen molar-refractivity contribution in [2.45, 2.75) is 87.9 Å². The van der Waals surface area contributed by atoms with Crippen LogP contribution in [0.25, 0.3) is 22.3 Å². The molecule has 6 aliphatic heterocycles. The van der Waals surface area contributed by atoms with Crippen LogP contribution in [0.4, 0.5) is 51.2 Å². The molecule has 0 unspecified atom stereocenters. The molecule has 13 aromatic rings. The number of hydrogen-bond acceptors (Lipinski definition) is 17. The van der Waals surface area contributed by atoms with Gasteiger partial charge in [0.1, 0.15) is 0 Å². The smallest absolute Gasteiger partial charge is 0.399 e. The van der Waals surface area contributed by atoms with Gasteiger partial charge in [-0.2, -0.15) is 0 Å². The first-order valence-corrected chi connectivity index (χ1v) is 43.8. The number of carbonyl (C=O) groups excluding carboxylic acids is 2. The number of nitrogens with zero attached hydrogens (tertiary/aromatic N) is 3. The van der Waals surface area contributed by atoms with Gasteiger partial charge in [-0.1, -0.05) is 153 Å². The molecule has 13 aromatic carbocycles. The summed E-state index contributed by atoms with van der Waals surface area (Å²) < 4.78 is 147. The molecule has 0 atom stereocenters. The van der Waals surface area contributed by atoms with Crippen LogP contribution < -0.4 is 20.2 Å². The van der Waals surface area contributed by atoms with Crippen LogP contribution in [-0.4, -0.2) is 72.0 Å². The van der Waals surface area contributed by atoms with Crippen molar-refractivity contribution in [1.82, 2.24) is 0 Å². The highest BCUT2D eigenvalue weighted by molar-refractivity contribution is 9.10. The average Bonchev–Trinajstić information content (AvgIpc) is 1.72. The van der Waals surface area contributed by atoms with Gasteiger partial charge in [0, 0.05) is 48.3 Å². The summed E-state index contributed by atoms with van der Waals surface area (Å²) in [5, 5.41) is 0. The molecule has 0 amide bonds. The van der Waals surface area contributed by atoms with Crippen LogP contribution in [0, 0.1) is 0 Å². The molecule has 0 N–H and O–H groups in total. The summed E-state index contributed by atoms with van der Waals surface area (Å²) in [6, 6.07) is 83.3. The van der Waals surface area contributed by atoms with Gasteiger partial charge in [0.05, 0.1) is 94.3 Å². The van der Waals surface area contributed by atoms with E-state index in [4.69, 9.17) is 9.31 Å². The van der Waals surface area contributed by atoms with Gasteiger partial charge in [-0.15, -0.1) is 0 Å². The van der Waals surface area contributed by atoms with Crippen molar-refractivity contribution >= 4 is 156 Å². The topological polar surface area (TPSA) is 233 Å². The third kappa shape index (κ3) is 12.0. The molecule has 6 aliphatic rings. The Morgan fingerprint density at radius 1 is 0.270 bits per heavy atom. The Kier molecular flexibility index (Phi) is 17.6. The van der Waals surface area contributed by atoms with Gasteiger partial charge in [-0.05, 0) is 225 Å². The molecule has 0 aromatic heterocycles. The van der Waals surface area contributed by atoms with Crippen LogP contribution in [0.3, 0.4) is 0 Å². The lowest BCUT2D eigenvalue weighted by Crippen LogP contribution is -2.41. The summed E-state index contributed by atoms with van der Waals surface area (Å²) in [6.45, 7) is 8.12. The average molecular weight is 1690 g/mol. The van der Waals surface area contributed by atoms with Crippen molar-refractivity contribution < 1.29 is 61.0 Å². The van der Waals surface area contributed by atoms with Gasteiger partial charge in [0.2, 0.25) is 49.2 Å². The number of anilines is 9. The molecule has 17 nitrogen and oxygen atoms in total. The summed E-state index contributed by atoms with van der Waals surface area (Å²) >= 11 is 6.48. The maximum absolute atomic E-state index is 14.2. The quantitative estimate of drug-likeness (QED) is 0.141. The number of rotatable bonds is 6. The van der Waals surface area contributed by atoms with Crippen molar-refractivity contribution in [2.75, 3.05) is 14.7 Å². The number of halogens is 2. The molecule has 0 saturated carbocycles. The van der Waals surface area contributed by atoms with Crippen LogP contribution in [0.2, 0.25) is 0 Å². The van der Waals surface area contributed by atoms with E-state index in [2.05, 4.69) is 31.9 Å². The first kappa shape index (κ1) is 73.1. The fraction of sp³-hybridized carbons (Fsp3) is 0.0698. The zero-order valence-electron chi connectivity index (χ0n) is 59.1. The van der Waals surface area contributed by atoms with E-state index in [0.717, 1.165) is 28.1 Å². The van der Waals surface area contributed by atoms with Crippen LogP contribution in [0.15, 0.2) is 349 Å². The van der Waals surface area contributed by atoms with Crippen LogP contribution >= 0.6 is 31.9 Å². The van der Waals surface area contributed by atoms with Gasteiger partial charge in [0.15, 0.2) is 11.6 Å². The minimum atomic E-state index is -4.10. The molecule has 0 aliphatic carbocycles. The van der Waals surface area contributed by atoms with E-state index in [1.807, 2.05) is 139 Å². The predicted molar refractivity (Wildman–Crippen MR) is 432 cm³/mol. The molecule has 111 heavy (non-hydrogen) atoms. The number of fused-ring (bicyclic) bond motifs is 10. The molecule has 550 valence electrons. The summed E-state index contributed by atoms with van der Waals surface area (Å²) in [5.74, 6) is -0.672. The van der Waals surface area contributed by atoms with Crippen molar-refractivity contribution in [3.63, 3.8) is 0 Å². The third-order valence-electron chi connectivity index (χ3n) is 21.0. The summed E-state index contributed by atoms with van der Waals surface area (Å²) in [7, 11) is -19.2. The first-order valence-electron chi connectivity index (χ1n) is 34.8. The lowest BCUT2D eigenvalue weighted by Gasteiger charge is -2.33. The number of carbonyl (C=O) groups is 2. The molecule has 0 spiro atoms. The lowest BCUT2D eigenvalue weighted by atomic mass is 9.79. The zero-order chi connectivity index (χ0) is 77.6. The van der Waals surface area contributed by atoms with Crippen LogP contribution in [0.5, 0.6) is 0 Å². The highest BCUT2D eigenvalue weighted by Crippen LogP contribution is 2.52. The van der Waals surface area contributed by atoms with Gasteiger partial charge in [-0.3, -0.25) is 9.59 Å². The van der Waals surface area contributed by atoms with Crippen molar-refractivity contribution in [3.8, 4) is 22.3 Å². The van der Waals surface area contributed by atoms with E-state index in [9.17, 15) is 51.7 Å². The molecule has 25 heteroatoms. The van der Waals surface area contributed by atoms with Crippen LogP contribution in [-0.2, 0) is 58.5 Å². The fourth-order valence-electron chi connectivity index (χ4n) is 14.7. The van der Waals surface area contributed by atoms with E-state index < -0.39 is 73.3 Å². The van der Waals surface area contributed by atoms with Crippen molar-refractivity contribution in [2.24, 2.45) is 0 Å². The van der Waals surface area contributed by atoms with Crippen molar-refractivity contribution in [1.29, 1.82) is 0 Å². The van der Waals surface area contributed by atoms with E-state index in [-0.39, 0.29) is 67.2 Å². The first-order chi connectivity index (χ1) is 53.0. The third-order valence-corrected chi connectivity index (χ3v) is 31.2. The second-order valence-corrected chi connectivity index (χ2v) is 39.2. The highest BCUT2D eigenvalue weighted by Gasteiger charge is 2.52. The van der Waals surface area contributed by atoms with Gasteiger partial charge >= 0.3 is 7.12 Å². The van der Waals surface area contributed by atoms with Crippen molar-refractivity contribution in [3.05, 3.63) is 322 Å². The maximum Gasteiger partial charge on any atom is 0.494 e. The monoisotopic (exact) mass is 1690 g/mol. The zero-order valence-corrected chi connectivity index (χ0v) is 66.4. The highest BCUT2D eigenvalue weighted by atomic mass is 79.9. The molecule has 6 heterocycles. The number of benzene rings is 13. The molecular weight excluding hydrogens is 1630 g/mol.